The third-order valence-corrected chi connectivity index (χ3v) is 3.00. The van der Waals surface area contributed by atoms with Crippen molar-refractivity contribution < 1.29 is 9.47 Å². The van der Waals surface area contributed by atoms with Crippen LogP contribution in [0, 0.1) is 0 Å². The molecule has 2 atom stereocenters. The number of hydrogen-bond acceptors (Lipinski definition) is 2. The molecule has 0 aromatic heterocycles. The first-order valence-electron chi connectivity index (χ1n) is 5.13. The zero-order valence-electron chi connectivity index (χ0n) is 8.80. The molecule has 82 valence electrons. The Kier molecular flexibility index (Phi) is 5.53. The van der Waals surface area contributed by atoms with Gasteiger partial charge in [-0.15, -0.1) is 11.6 Å². The highest BCUT2D eigenvalue weighted by atomic mass is 35.5. The van der Waals surface area contributed by atoms with Crippen LogP contribution in [0.15, 0.2) is 12.2 Å². The molecule has 0 bridgehead atoms. The Morgan fingerprint density at radius 2 is 2.14 bits per heavy atom. The van der Waals surface area contributed by atoms with Crippen molar-refractivity contribution in [3.8, 4) is 0 Å². The number of alkyl halides is 1. The van der Waals surface area contributed by atoms with Gasteiger partial charge in [0.1, 0.15) is 0 Å². The molecule has 14 heavy (non-hydrogen) atoms. The van der Waals surface area contributed by atoms with Crippen LogP contribution in [0.3, 0.4) is 0 Å². The summed E-state index contributed by atoms with van der Waals surface area (Å²) in [7, 11) is 1.77. The van der Waals surface area contributed by atoms with Crippen LogP contribution < -0.4 is 0 Å². The van der Waals surface area contributed by atoms with Crippen LogP contribution in [0.4, 0.5) is 0 Å². The highest BCUT2D eigenvalue weighted by Crippen LogP contribution is 2.23. The van der Waals surface area contributed by atoms with Gasteiger partial charge in [0, 0.05) is 13.0 Å². The third-order valence-electron chi connectivity index (χ3n) is 2.62. The predicted molar refractivity (Wildman–Crippen MR) is 58.9 cm³/mol. The van der Waals surface area contributed by atoms with Gasteiger partial charge in [-0.3, -0.25) is 0 Å². The molecule has 1 aliphatic carbocycles. The Morgan fingerprint density at radius 3 is 2.79 bits per heavy atom. The molecule has 1 aliphatic rings. The van der Waals surface area contributed by atoms with Crippen molar-refractivity contribution in [2.45, 2.75) is 37.9 Å². The maximum absolute atomic E-state index is 5.70. The zero-order chi connectivity index (χ0) is 10.4. The van der Waals surface area contributed by atoms with E-state index >= 15 is 0 Å². The molecule has 3 heteroatoms. The second kappa shape index (κ2) is 6.44. The summed E-state index contributed by atoms with van der Waals surface area (Å²) < 4.78 is 11.0. The molecule has 0 spiro atoms. The van der Waals surface area contributed by atoms with Gasteiger partial charge in [0.2, 0.25) is 0 Å². The van der Waals surface area contributed by atoms with Crippen LogP contribution in [0.5, 0.6) is 0 Å². The first-order chi connectivity index (χ1) is 6.76. The minimum atomic E-state index is 0.327. The molecule has 0 aliphatic heterocycles. The lowest BCUT2D eigenvalue weighted by Crippen LogP contribution is -2.28. The summed E-state index contributed by atoms with van der Waals surface area (Å²) in [6, 6.07) is 0. The molecule has 0 N–H and O–H groups in total. The molecule has 0 aromatic rings. The van der Waals surface area contributed by atoms with Crippen molar-refractivity contribution in [3.05, 3.63) is 12.2 Å². The van der Waals surface area contributed by atoms with Gasteiger partial charge in [-0.1, -0.05) is 6.58 Å². The van der Waals surface area contributed by atoms with Crippen LogP contribution in [-0.4, -0.2) is 31.8 Å². The summed E-state index contributed by atoms with van der Waals surface area (Å²) in [5.41, 5.74) is 0.950. The maximum atomic E-state index is 5.70. The Hall–Kier alpha value is -0.0500. The quantitative estimate of drug-likeness (QED) is 0.522. The van der Waals surface area contributed by atoms with E-state index in [0.717, 1.165) is 24.8 Å². The Bertz CT molecular complexity index is 182. The fraction of sp³-hybridized carbons (Fsp3) is 0.818. The van der Waals surface area contributed by atoms with Crippen LogP contribution in [0.1, 0.15) is 25.7 Å². The largest absolute Gasteiger partial charge is 0.381 e. The van der Waals surface area contributed by atoms with Crippen LogP contribution in [-0.2, 0) is 9.47 Å². The molecular formula is C11H19ClO2. The molecule has 1 rings (SSSR count). The first kappa shape index (κ1) is 12.0. The SMILES string of the molecule is C=C(CCl)COC1CCCC(OC)C1. The lowest BCUT2D eigenvalue weighted by atomic mass is 9.95. The van der Waals surface area contributed by atoms with E-state index in [1.807, 2.05) is 0 Å². The molecule has 2 nitrogen and oxygen atoms in total. The second-order valence-electron chi connectivity index (χ2n) is 3.84. The summed E-state index contributed by atoms with van der Waals surface area (Å²) in [5, 5.41) is 0. The average molecular weight is 219 g/mol. The average Bonchev–Trinajstić information content (AvgIpc) is 2.26. The second-order valence-corrected chi connectivity index (χ2v) is 4.11. The summed E-state index contributed by atoms with van der Waals surface area (Å²) in [5.74, 6) is 0.487. The summed E-state index contributed by atoms with van der Waals surface area (Å²) >= 11 is 5.62. The molecule has 0 heterocycles. The summed E-state index contributed by atoms with van der Waals surface area (Å²) in [6.45, 7) is 4.40. The molecule has 1 saturated carbocycles. The standard InChI is InChI=1S/C11H19ClO2/c1-9(7-12)8-14-11-5-3-4-10(6-11)13-2/h10-11H,1,3-8H2,2H3. The van der Waals surface area contributed by atoms with Gasteiger partial charge >= 0.3 is 0 Å². The van der Waals surface area contributed by atoms with Gasteiger partial charge < -0.3 is 9.47 Å². The summed E-state index contributed by atoms with van der Waals surface area (Å²) in [6.07, 6.45) is 5.19. The van der Waals surface area contributed by atoms with E-state index in [9.17, 15) is 0 Å². The highest BCUT2D eigenvalue weighted by molar-refractivity contribution is 6.19. The van der Waals surface area contributed by atoms with Crippen molar-refractivity contribution in [3.63, 3.8) is 0 Å². The summed E-state index contributed by atoms with van der Waals surface area (Å²) in [4.78, 5) is 0. The Labute approximate surface area is 91.2 Å². The van der Waals surface area contributed by atoms with Gasteiger partial charge in [-0.2, -0.15) is 0 Å². The number of methoxy groups -OCH3 is 1. The molecular weight excluding hydrogens is 200 g/mol. The maximum Gasteiger partial charge on any atom is 0.0689 e. The van der Waals surface area contributed by atoms with Crippen LogP contribution in [0.2, 0.25) is 0 Å². The zero-order valence-corrected chi connectivity index (χ0v) is 9.55. The van der Waals surface area contributed by atoms with Gasteiger partial charge in [0.15, 0.2) is 0 Å². The van der Waals surface area contributed by atoms with Gasteiger partial charge in [-0.05, 0) is 31.3 Å². The van der Waals surface area contributed by atoms with Crippen LogP contribution in [0.25, 0.3) is 0 Å². The van der Waals surface area contributed by atoms with Gasteiger partial charge in [0.05, 0.1) is 18.8 Å². The molecule has 0 radical (unpaired) electrons. The van der Waals surface area contributed by atoms with Gasteiger partial charge in [0.25, 0.3) is 0 Å². The van der Waals surface area contributed by atoms with E-state index in [-0.39, 0.29) is 0 Å². The van der Waals surface area contributed by atoms with E-state index < -0.39 is 0 Å². The Balaban J connectivity index is 2.20. The van der Waals surface area contributed by atoms with Crippen molar-refractivity contribution in [2.24, 2.45) is 0 Å². The van der Waals surface area contributed by atoms with Crippen molar-refractivity contribution in [2.75, 3.05) is 19.6 Å². The Morgan fingerprint density at radius 1 is 1.43 bits per heavy atom. The van der Waals surface area contributed by atoms with E-state index in [1.54, 1.807) is 7.11 Å². The number of halogens is 1. The third kappa shape index (κ3) is 3.99. The molecule has 0 amide bonds. The van der Waals surface area contributed by atoms with Crippen molar-refractivity contribution in [1.29, 1.82) is 0 Å². The minimum Gasteiger partial charge on any atom is -0.381 e. The normalized spacial score (nSPS) is 27.6. The lowest BCUT2D eigenvalue weighted by molar-refractivity contribution is -0.0221. The lowest BCUT2D eigenvalue weighted by Gasteiger charge is -2.28. The van der Waals surface area contributed by atoms with Gasteiger partial charge in [-0.25, -0.2) is 0 Å². The number of ether oxygens (including phenoxy) is 2. The van der Waals surface area contributed by atoms with Crippen LogP contribution >= 0.6 is 11.6 Å². The molecule has 1 fully saturated rings. The first-order valence-corrected chi connectivity index (χ1v) is 5.66. The van der Waals surface area contributed by atoms with Crippen molar-refractivity contribution in [1.82, 2.24) is 0 Å². The number of rotatable bonds is 5. The molecule has 2 unspecified atom stereocenters. The monoisotopic (exact) mass is 218 g/mol. The molecule has 0 saturated heterocycles. The number of hydrogen-bond donors (Lipinski definition) is 0. The smallest absolute Gasteiger partial charge is 0.0689 e. The predicted octanol–water partition coefficient (Wildman–Crippen LogP) is 2.76. The van der Waals surface area contributed by atoms with E-state index in [2.05, 4.69) is 6.58 Å². The fourth-order valence-corrected chi connectivity index (χ4v) is 1.82. The molecule has 0 aromatic carbocycles. The fourth-order valence-electron chi connectivity index (χ4n) is 1.74. The van der Waals surface area contributed by atoms with Crippen molar-refractivity contribution >= 4 is 11.6 Å². The van der Waals surface area contributed by atoms with E-state index in [1.165, 1.54) is 6.42 Å². The highest BCUT2D eigenvalue weighted by Gasteiger charge is 2.21. The van der Waals surface area contributed by atoms with E-state index in [4.69, 9.17) is 21.1 Å². The minimum absolute atomic E-state index is 0.327. The van der Waals surface area contributed by atoms with E-state index in [0.29, 0.717) is 24.7 Å². The topological polar surface area (TPSA) is 18.5 Å².